The van der Waals surface area contributed by atoms with Crippen LogP contribution in [0.25, 0.3) is 0 Å². The minimum Gasteiger partial charge on any atom is -0.444 e. The smallest absolute Gasteiger partial charge is 0.407 e. The Morgan fingerprint density at radius 2 is 2.04 bits per heavy atom. The van der Waals surface area contributed by atoms with Crippen molar-refractivity contribution in [2.24, 2.45) is 5.92 Å². The standard InChI is InChI=1S/C18H27N5O2/c1-11-10-23(16-14(9-19)12(2)13(3)21-22-16)8-7-15(11)20-17(24)25-18(4,5)6/h11,15H,7-8,10H2,1-6H3,(H,20,24)/t11-,15+/m1/s1. The molecular weight excluding hydrogens is 318 g/mol. The molecule has 2 rings (SSSR count). The number of anilines is 1. The molecule has 1 amide bonds. The first-order chi connectivity index (χ1) is 11.6. The van der Waals surface area contributed by atoms with Gasteiger partial charge in [0.05, 0.1) is 5.69 Å². The number of aryl methyl sites for hydroxylation is 1. The molecule has 0 bridgehead atoms. The monoisotopic (exact) mass is 345 g/mol. The molecule has 2 heterocycles. The summed E-state index contributed by atoms with van der Waals surface area (Å²) in [4.78, 5) is 14.1. The third-order valence-corrected chi connectivity index (χ3v) is 4.45. The van der Waals surface area contributed by atoms with E-state index in [1.807, 2.05) is 34.6 Å². The summed E-state index contributed by atoms with van der Waals surface area (Å²) in [6.45, 7) is 12.8. The van der Waals surface area contributed by atoms with Crippen LogP contribution in [0.5, 0.6) is 0 Å². The van der Waals surface area contributed by atoms with E-state index in [2.05, 4.69) is 33.4 Å². The minimum absolute atomic E-state index is 0.0381. The van der Waals surface area contributed by atoms with Crippen LogP contribution in [0, 0.1) is 31.1 Å². The zero-order valence-corrected chi connectivity index (χ0v) is 15.9. The van der Waals surface area contributed by atoms with Crippen LogP contribution in [0.1, 0.15) is 50.9 Å². The van der Waals surface area contributed by atoms with Crippen molar-refractivity contribution >= 4 is 11.9 Å². The van der Waals surface area contributed by atoms with E-state index in [9.17, 15) is 10.1 Å². The van der Waals surface area contributed by atoms with Gasteiger partial charge in [-0.1, -0.05) is 6.92 Å². The molecule has 0 aliphatic carbocycles. The average Bonchev–Trinajstić information content (AvgIpc) is 2.50. The maximum absolute atomic E-state index is 12.0. The molecule has 0 saturated carbocycles. The van der Waals surface area contributed by atoms with Gasteiger partial charge in [0, 0.05) is 19.1 Å². The first-order valence-electron chi connectivity index (χ1n) is 8.61. The summed E-state index contributed by atoms with van der Waals surface area (Å²) in [5.41, 5.74) is 1.72. The van der Waals surface area contributed by atoms with Gasteiger partial charge in [-0.05, 0) is 52.5 Å². The number of piperidine rings is 1. The molecule has 1 fully saturated rings. The second kappa shape index (κ2) is 7.26. The van der Waals surface area contributed by atoms with E-state index in [1.54, 1.807) is 0 Å². The molecule has 1 aromatic heterocycles. The summed E-state index contributed by atoms with van der Waals surface area (Å²) < 4.78 is 5.34. The Kier molecular flexibility index (Phi) is 5.51. The van der Waals surface area contributed by atoms with Crippen molar-refractivity contribution in [3.05, 3.63) is 16.8 Å². The molecule has 1 N–H and O–H groups in total. The van der Waals surface area contributed by atoms with E-state index in [0.717, 1.165) is 17.7 Å². The molecule has 25 heavy (non-hydrogen) atoms. The third kappa shape index (κ3) is 4.59. The van der Waals surface area contributed by atoms with Crippen LogP contribution in [0.4, 0.5) is 10.6 Å². The maximum atomic E-state index is 12.0. The fourth-order valence-electron chi connectivity index (χ4n) is 2.96. The van der Waals surface area contributed by atoms with Gasteiger partial charge in [0.25, 0.3) is 0 Å². The van der Waals surface area contributed by atoms with Gasteiger partial charge < -0.3 is 15.0 Å². The first-order valence-corrected chi connectivity index (χ1v) is 8.61. The van der Waals surface area contributed by atoms with Gasteiger partial charge in [-0.3, -0.25) is 0 Å². The summed E-state index contributed by atoms with van der Waals surface area (Å²) in [6.07, 6.45) is 0.376. The van der Waals surface area contributed by atoms with Gasteiger partial charge >= 0.3 is 6.09 Å². The number of nitrogens with one attached hydrogen (secondary N) is 1. The third-order valence-electron chi connectivity index (χ3n) is 4.45. The number of carbonyl (C=O) groups is 1. The molecule has 0 spiro atoms. The van der Waals surface area contributed by atoms with Crippen LogP contribution in [0.2, 0.25) is 0 Å². The molecule has 1 aromatic rings. The molecule has 0 aromatic carbocycles. The minimum atomic E-state index is -0.509. The number of ether oxygens (including phenoxy) is 1. The van der Waals surface area contributed by atoms with E-state index in [4.69, 9.17) is 4.74 Å². The summed E-state index contributed by atoms with van der Waals surface area (Å²) in [5.74, 6) is 0.837. The van der Waals surface area contributed by atoms with E-state index in [0.29, 0.717) is 24.5 Å². The Labute approximate surface area is 149 Å². The fraction of sp³-hybridized carbons (Fsp3) is 0.667. The molecule has 1 saturated heterocycles. The van der Waals surface area contributed by atoms with Gasteiger partial charge in [-0.2, -0.15) is 10.4 Å². The highest BCUT2D eigenvalue weighted by molar-refractivity contribution is 5.68. The average molecular weight is 345 g/mol. The summed E-state index contributed by atoms with van der Waals surface area (Å²) >= 11 is 0. The molecule has 0 radical (unpaired) electrons. The highest BCUT2D eigenvalue weighted by Gasteiger charge is 2.31. The number of hydrogen-bond acceptors (Lipinski definition) is 6. The van der Waals surface area contributed by atoms with Gasteiger partial charge in [-0.15, -0.1) is 5.10 Å². The van der Waals surface area contributed by atoms with E-state index >= 15 is 0 Å². The first kappa shape index (κ1) is 19.0. The highest BCUT2D eigenvalue weighted by Crippen LogP contribution is 2.26. The van der Waals surface area contributed by atoms with Crippen LogP contribution in [-0.4, -0.2) is 41.0 Å². The molecule has 1 aliphatic heterocycles. The number of rotatable bonds is 2. The highest BCUT2D eigenvalue weighted by atomic mass is 16.6. The predicted octanol–water partition coefficient (Wildman–Crippen LogP) is 2.70. The molecule has 1 aliphatic rings. The van der Waals surface area contributed by atoms with E-state index in [-0.39, 0.29) is 18.1 Å². The normalized spacial score (nSPS) is 20.8. The summed E-state index contributed by atoms with van der Waals surface area (Å²) in [7, 11) is 0. The van der Waals surface area contributed by atoms with Crippen LogP contribution in [-0.2, 0) is 4.74 Å². The van der Waals surface area contributed by atoms with Crippen molar-refractivity contribution in [2.75, 3.05) is 18.0 Å². The number of amides is 1. The number of carbonyl (C=O) groups excluding carboxylic acids is 1. The van der Waals surface area contributed by atoms with Crippen LogP contribution in [0.3, 0.4) is 0 Å². The van der Waals surface area contributed by atoms with Gasteiger partial charge in [0.15, 0.2) is 5.82 Å². The second-order valence-corrected chi connectivity index (χ2v) is 7.69. The van der Waals surface area contributed by atoms with E-state index < -0.39 is 5.60 Å². The lowest BCUT2D eigenvalue weighted by Crippen LogP contribution is -2.51. The number of nitriles is 1. The topological polar surface area (TPSA) is 91.1 Å². The van der Waals surface area contributed by atoms with Crippen LogP contribution < -0.4 is 10.2 Å². The zero-order valence-electron chi connectivity index (χ0n) is 15.9. The summed E-state index contributed by atoms with van der Waals surface area (Å²) in [6, 6.07) is 2.29. The fourth-order valence-corrected chi connectivity index (χ4v) is 2.96. The molecule has 7 heteroatoms. The molecule has 7 nitrogen and oxygen atoms in total. The van der Waals surface area contributed by atoms with Crippen molar-refractivity contribution < 1.29 is 9.53 Å². The van der Waals surface area contributed by atoms with Crippen molar-refractivity contribution in [3.8, 4) is 6.07 Å². The number of alkyl carbamates (subject to hydrolysis) is 1. The van der Waals surface area contributed by atoms with Crippen LogP contribution >= 0.6 is 0 Å². The van der Waals surface area contributed by atoms with Gasteiger partial charge in [0.2, 0.25) is 0 Å². The SMILES string of the molecule is Cc1nnc(N2CC[C@H](NC(=O)OC(C)(C)C)[C@H](C)C2)c(C#N)c1C. The van der Waals surface area contributed by atoms with Crippen molar-refractivity contribution in [3.63, 3.8) is 0 Å². The lowest BCUT2D eigenvalue weighted by atomic mass is 9.93. The molecule has 2 atom stereocenters. The van der Waals surface area contributed by atoms with Crippen molar-refractivity contribution in [1.29, 1.82) is 5.26 Å². The maximum Gasteiger partial charge on any atom is 0.407 e. The Morgan fingerprint density at radius 1 is 1.36 bits per heavy atom. The molecule has 136 valence electrons. The number of nitrogens with zero attached hydrogens (tertiary/aromatic N) is 4. The summed E-state index contributed by atoms with van der Waals surface area (Å²) in [5, 5.41) is 20.8. The Morgan fingerprint density at radius 3 is 2.60 bits per heavy atom. The zero-order chi connectivity index (χ0) is 18.8. The van der Waals surface area contributed by atoms with Crippen LogP contribution in [0.15, 0.2) is 0 Å². The lowest BCUT2D eigenvalue weighted by molar-refractivity contribution is 0.0481. The predicted molar refractivity (Wildman–Crippen MR) is 95.4 cm³/mol. The Bertz CT molecular complexity index is 690. The van der Waals surface area contributed by atoms with Gasteiger partial charge in [0.1, 0.15) is 17.2 Å². The molecule has 0 unspecified atom stereocenters. The largest absolute Gasteiger partial charge is 0.444 e. The quantitative estimate of drug-likeness (QED) is 0.886. The van der Waals surface area contributed by atoms with Gasteiger partial charge in [-0.25, -0.2) is 4.79 Å². The Balaban J connectivity index is 2.06. The second-order valence-electron chi connectivity index (χ2n) is 7.69. The Hall–Kier alpha value is -2.36. The van der Waals surface area contributed by atoms with Crippen molar-refractivity contribution in [1.82, 2.24) is 15.5 Å². The molecular formula is C18H27N5O2. The number of aromatic nitrogens is 2. The van der Waals surface area contributed by atoms with Crippen molar-refractivity contribution in [2.45, 2.75) is 59.6 Å². The lowest BCUT2D eigenvalue weighted by Gasteiger charge is -2.38. The number of hydrogen-bond donors (Lipinski definition) is 1. The van der Waals surface area contributed by atoms with E-state index in [1.165, 1.54) is 0 Å².